The molecule has 0 unspecified atom stereocenters. The summed E-state index contributed by atoms with van der Waals surface area (Å²) in [4.78, 5) is 16.5. The van der Waals surface area contributed by atoms with Crippen LogP contribution in [0.5, 0.6) is 0 Å². The van der Waals surface area contributed by atoms with Gasteiger partial charge in [-0.3, -0.25) is 0 Å². The molecule has 0 aliphatic carbocycles. The average molecular weight is 424 g/mol. The number of aromatic nitrogens is 2. The first-order valence-electron chi connectivity index (χ1n) is 12.2. The Bertz CT molecular complexity index is 544. The van der Waals surface area contributed by atoms with Gasteiger partial charge in [-0.25, -0.2) is 14.8 Å². The van der Waals surface area contributed by atoms with Crippen LogP contribution >= 0.6 is 0 Å². The van der Waals surface area contributed by atoms with Gasteiger partial charge >= 0.3 is 0 Å². The lowest BCUT2D eigenvalue weighted by atomic mass is 9.77. The smallest absolute Gasteiger partial charge is 0.205 e. The average Bonchev–Trinajstić information content (AvgIpc) is 3.29. The van der Waals surface area contributed by atoms with Gasteiger partial charge < -0.3 is 14.6 Å². The molecule has 0 amide bonds. The third-order valence-corrected chi connectivity index (χ3v) is 6.52. The molecule has 174 valence electrons. The lowest BCUT2D eigenvalue weighted by Crippen LogP contribution is -2.56. The van der Waals surface area contributed by atoms with E-state index in [0.29, 0.717) is 0 Å². The number of nitrogens with zero attached hydrogens (tertiary/aromatic N) is 2. The Labute approximate surface area is 184 Å². The normalized spacial score (nSPS) is 23.7. The number of unbranched alkanes of at least 4 members (excludes halogenated alkanes) is 3. The molecule has 2 heterocycles. The van der Waals surface area contributed by atoms with Gasteiger partial charge in [-0.05, 0) is 38.6 Å². The highest BCUT2D eigenvalue weighted by Crippen LogP contribution is 2.45. The lowest BCUT2D eigenvalue weighted by molar-refractivity contribution is -0.506. The van der Waals surface area contributed by atoms with Crippen LogP contribution in [0.25, 0.3) is 0 Å². The van der Waals surface area contributed by atoms with Crippen LogP contribution in [0.1, 0.15) is 91.4 Å². The van der Waals surface area contributed by atoms with Crippen LogP contribution in [0.15, 0.2) is 18.7 Å². The maximum absolute atomic E-state index is 6.22. The number of methoxy groups -OCH3 is 1. The minimum atomic E-state index is -0.644. The Kier molecular flexibility index (Phi) is 11.4. The number of hydrogen-bond acceptors (Lipinski definition) is 5. The van der Waals surface area contributed by atoms with E-state index in [9.17, 15) is 0 Å². The number of hydrogen-bond donors (Lipinski definition) is 1. The Balaban J connectivity index is 2.01. The molecule has 1 fully saturated rings. The summed E-state index contributed by atoms with van der Waals surface area (Å²) in [5.74, 6) is -0.361. The highest BCUT2D eigenvalue weighted by atomic mass is 17.2. The number of ether oxygens (including phenoxy) is 1. The van der Waals surface area contributed by atoms with Crippen LogP contribution < -0.4 is 5.32 Å². The van der Waals surface area contributed by atoms with E-state index in [1.165, 1.54) is 25.7 Å². The predicted octanol–water partition coefficient (Wildman–Crippen LogP) is 5.48. The molecule has 1 aliphatic heterocycles. The Morgan fingerprint density at radius 1 is 1.03 bits per heavy atom. The monoisotopic (exact) mass is 423 g/mol. The lowest BCUT2D eigenvalue weighted by Gasteiger charge is -2.49. The van der Waals surface area contributed by atoms with Crippen LogP contribution in [-0.2, 0) is 21.1 Å². The van der Waals surface area contributed by atoms with Crippen LogP contribution in [0.2, 0.25) is 0 Å². The molecule has 2 rings (SSSR count). The van der Waals surface area contributed by atoms with Crippen molar-refractivity contribution in [3.05, 3.63) is 18.7 Å². The van der Waals surface area contributed by atoms with Gasteiger partial charge in [0, 0.05) is 44.9 Å². The summed E-state index contributed by atoms with van der Waals surface area (Å²) in [5, 5.41) is 3.68. The van der Waals surface area contributed by atoms with E-state index < -0.39 is 5.79 Å². The second kappa shape index (κ2) is 13.5. The summed E-state index contributed by atoms with van der Waals surface area (Å²) in [5.41, 5.74) is -0.177. The number of rotatable bonds is 16. The number of imidazole rings is 1. The van der Waals surface area contributed by atoms with Crippen LogP contribution in [0.4, 0.5) is 0 Å². The van der Waals surface area contributed by atoms with Gasteiger partial charge in [0.25, 0.3) is 0 Å². The van der Waals surface area contributed by atoms with Gasteiger partial charge in [-0.1, -0.05) is 52.9 Å². The van der Waals surface area contributed by atoms with Crippen LogP contribution in [-0.4, -0.2) is 41.1 Å². The zero-order valence-electron chi connectivity index (χ0n) is 19.8. The molecule has 0 aromatic carbocycles. The summed E-state index contributed by atoms with van der Waals surface area (Å²) in [7, 11) is 1.77. The second-order valence-corrected chi connectivity index (χ2v) is 8.94. The minimum Gasteiger partial charge on any atom is -0.350 e. The minimum absolute atomic E-state index is 0.177. The van der Waals surface area contributed by atoms with Crippen molar-refractivity contribution < 1.29 is 14.5 Å². The standard InChI is InChI=1S/C24H45N3O3/c1-5-8-12-23(13-9-6-2)19-22(24(28-4,30-29-23)14-10-7-3)20-25-15-11-17-27-18-16-26-21-27/h16,18,21-22,25H,5-15,17,19-20H2,1-4H3/t22-,24-/m0/s1. The summed E-state index contributed by atoms with van der Waals surface area (Å²) >= 11 is 0. The summed E-state index contributed by atoms with van der Waals surface area (Å²) in [6.45, 7) is 9.56. The van der Waals surface area contributed by atoms with Gasteiger partial charge in [-0.15, -0.1) is 0 Å². The summed E-state index contributed by atoms with van der Waals surface area (Å²) in [6, 6.07) is 0. The fourth-order valence-corrected chi connectivity index (χ4v) is 4.56. The van der Waals surface area contributed by atoms with Gasteiger partial charge in [-0.2, -0.15) is 0 Å². The van der Waals surface area contributed by atoms with Gasteiger partial charge in [0.2, 0.25) is 5.79 Å². The van der Waals surface area contributed by atoms with E-state index in [4.69, 9.17) is 14.5 Å². The van der Waals surface area contributed by atoms with E-state index in [0.717, 1.165) is 64.6 Å². The molecule has 0 saturated carbocycles. The van der Waals surface area contributed by atoms with Crippen molar-refractivity contribution in [3.8, 4) is 0 Å². The third kappa shape index (κ3) is 7.33. The summed E-state index contributed by atoms with van der Waals surface area (Å²) < 4.78 is 8.14. The molecule has 1 aromatic heterocycles. The molecule has 6 heteroatoms. The molecule has 30 heavy (non-hydrogen) atoms. The Morgan fingerprint density at radius 2 is 1.73 bits per heavy atom. The first-order valence-corrected chi connectivity index (χ1v) is 12.2. The van der Waals surface area contributed by atoms with Gasteiger partial charge in [0.15, 0.2) is 0 Å². The molecule has 1 aromatic rings. The molecule has 2 atom stereocenters. The molecule has 1 saturated heterocycles. The van der Waals surface area contributed by atoms with E-state index in [1.54, 1.807) is 7.11 Å². The topological polar surface area (TPSA) is 57.5 Å². The number of aryl methyl sites for hydroxylation is 1. The molecular weight excluding hydrogens is 378 g/mol. The first kappa shape index (κ1) is 25.3. The molecule has 1 N–H and O–H groups in total. The maximum Gasteiger partial charge on any atom is 0.205 e. The summed E-state index contributed by atoms with van der Waals surface area (Å²) in [6.07, 6.45) is 17.7. The molecule has 0 spiro atoms. The van der Waals surface area contributed by atoms with Crippen molar-refractivity contribution in [1.82, 2.24) is 14.9 Å². The quantitative estimate of drug-likeness (QED) is 0.282. The van der Waals surface area contributed by atoms with Crippen molar-refractivity contribution in [3.63, 3.8) is 0 Å². The van der Waals surface area contributed by atoms with Crippen LogP contribution in [0.3, 0.4) is 0 Å². The number of nitrogens with one attached hydrogen (secondary N) is 1. The van der Waals surface area contributed by atoms with E-state index in [1.807, 2.05) is 18.7 Å². The van der Waals surface area contributed by atoms with Gasteiger partial charge in [0.05, 0.1) is 6.33 Å². The van der Waals surface area contributed by atoms with Gasteiger partial charge in [0.1, 0.15) is 5.60 Å². The zero-order valence-corrected chi connectivity index (χ0v) is 19.8. The fraction of sp³-hybridized carbons (Fsp3) is 0.875. The highest BCUT2D eigenvalue weighted by Gasteiger charge is 2.51. The zero-order chi connectivity index (χ0) is 21.7. The van der Waals surface area contributed by atoms with Crippen molar-refractivity contribution in [2.45, 2.75) is 109 Å². The Morgan fingerprint density at radius 3 is 2.33 bits per heavy atom. The van der Waals surface area contributed by atoms with Crippen molar-refractivity contribution in [2.75, 3.05) is 20.2 Å². The highest BCUT2D eigenvalue weighted by molar-refractivity contribution is 4.93. The Hall–Kier alpha value is -0.950. The second-order valence-electron chi connectivity index (χ2n) is 8.94. The van der Waals surface area contributed by atoms with E-state index in [2.05, 4.69) is 35.6 Å². The van der Waals surface area contributed by atoms with Crippen LogP contribution in [0, 0.1) is 5.92 Å². The van der Waals surface area contributed by atoms with Crippen molar-refractivity contribution >= 4 is 0 Å². The van der Waals surface area contributed by atoms with Crippen molar-refractivity contribution in [2.24, 2.45) is 5.92 Å². The molecule has 1 aliphatic rings. The molecule has 0 radical (unpaired) electrons. The predicted molar refractivity (Wildman–Crippen MR) is 121 cm³/mol. The first-order chi connectivity index (χ1) is 14.6. The van der Waals surface area contributed by atoms with Crippen molar-refractivity contribution in [1.29, 1.82) is 0 Å². The molecule has 0 bridgehead atoms. The van der Waals surface area contributed by atoms with E-state index in [-0.39, 0.29) is 11.5 Å². The maximum atomic E-state index is 6.22. The SMILES string of the molecule is CCCCC1(CCCC)C[C@@H](CNCCCn2ccnc2)[C@@](CCCC)(OC)OO1. The molecular formula is C24H45N3O3. The van der Waals surface area contributed by atoms with E-state index >= 15 is 0 Å². The third-order valence-electron chi connectivity index (χ3n) is 6.52. The largest absolute Gasteiger partial charge is 0.350 e. The molecule has 6 nitrogen and oxygen atoms in total. The fourth-order valence-electron chi connectivity index (χ4n) is 4.56.